The lowest BCUT2D eigenvalue weighted by molar-refractivity contribution is -0.127. The number of halogens is 3. The van der Waals surface area contributed by atoms with Crippen molar-refractivity contribution in [1.82, 2.24) is 15.2 Å². The van der Waals surface area contributed by atoms with E-state index in [1.54, 1.807) is 6.07 Å². The van der Waals surface area contributed by atoms with E-state index >= 15 is 0 Å². The number of alkyl halides is 3. The molecule has 2 heterocycles. The normalized spacial score (nSPS) is 11.8. The Morgan fingerprint density at radius 2 is 1.86 bits per heavy atom. The van der Waals surface area contributed by atoms with Gasteiger partial charge in [0.05, 0.1) is 11.9 Å². The third kappa shape index (κ3) is 2.95. The van der Waals surface area contributed by atoms with Crippen LogP contribution in [0, 0.1) is 0 Å². The van der Waals surface area contributed by atoms with Crippen LogP contribution in [0.5, 0.6) is 0 Å². The molecule has 0 aliphatic carbocycles. The molecule has 0 atom stereocenters. The summed E-state index contributed by atoms with van der Waals surface area (Å²) < 4.78 is 36.9. The number of aromatic nitrogens is 3. The average Bonchev–Trinajstić information content (AvgIpc) is 2.84. The molecule has 0 radical (unpaired) electrons. The Labute approximate surface area is 122 Å². The summed E-state index contributed by atoms with van der Waals surface area (Å²) >= 11 is 0. The van der Waals surface area contributed by atoms with Crippen LogP contribution in [0.4, 0.5) is 24.7 Å². The van der Waals surface area contributed by atoms with Crippen molar-refractivity contribution in [1.29, 1.82) is 0 Å². The second-order valence-corrected chi connectivity index (χ2v) is 4.78. The topological polar surface area (TPSA) is 73.6 Å². The Balaban J connectivity index is 1.85. The number of hydrogen-bond acceptors (Lipinski definition) is 3. The number of pyridine rings is 1. The SMILES string of the molecule is O=c1[nH]ccc2[nH]nc(Nc3ccc(CC(F)(F)F)cc3)c12. The second-order valence-electron chi connectivity index (χ2n) is 4.78. The van der Waals surface area contributed by atoms with Crippen LogP contribution >= 0.6 is 0 Å². The first-order chi connectivity index (χ1) is 10.4. The van der Waals surface area contributed by atoms with Gasteiger partial charge in [0, 0.05) is 11.9 Å². The zero-order valence-electron chi connectivity index (χ0n) is 11.2. The molecule has 22 heavy (non-hydrogen) atoms. The van der Waals surface area contributed by atoms with Crippen molar-refractivity contribution in [2.75, 3.05) is 5.32 Å². The molecule has 3 aromatic rings. The molecule has 3 N–H and O–H groups in total. The van der Waals surface area contributed by atoms with Gasteiger partial charge < -0.3 is 10.3 Å². The Kier molecular flexibility index (Phi) is 3.36. The van der Waals surface area contributed by atoms with E-state index in [9.17, 15) is 18.0 Å². The van der Waals surface area contributed by atoms with E-state index in [0.29, 0.717) is 22.4 Å². The zero-order chi connectivity index (χ0) is 15.7. The monoisotopic (exact) mass is 308 g/mol. The van der Waals surface area contributed by atoms with Gasteiger partial charge in [-0.3, -0.25) is 9.89 Å². The van der Waals surface area contributed by atoms with Gasteiger partial charge in [0.15, 0.2) is 5.82 Å². The standard InChI is InChI=1S/C14H11F3N4O/c15-14(16,17)7-8-1-3-9(4-2-8)19-12-11-10(20-21-12)5-6-18-13(11)22/h1-6H,7H2,(H,18,22)(H2,19,20,21). The smallest absolute Gasteiger partial charge is 0.338 e. The number of rotatable bonds is 3. The van der Waals surface area contributed by atoms with Crippen molar-refractivity contribution < 1.29 is 13.2 Å². The Morgan fingerprint density at radius 3 is 2.55 bits per heavy atom. The maximum atomic E-state index is 12.3. The average molecular weight is 308 g/mol. The van der Waals surface area contributed by atoms with Crippen LogP contribution in [0.15, 0.2) is 41.3 Å². The lowest BCUT2D eigenvalue weighted by Crippen LogP contribution is -2.11. The predicted molar refractivity (Wildman–Crippen MR) is 76.2 cm³/mol. The van der Waals surface area contributed by atoms with E-state index in [0.717, 1.165) is 0 Å². The third-order valence-corrected chi connectivity index (χ3v) is 3.11. The summed E-state index contributed by atoms with van der Waals surface area (Å²) in [5.74, 6) is 0.320. The number of nitrogens with zero attached hydrogens (tertiary/aromatic N) is 1. The maximum Gasteiger partial charge on any atom is 0.393 e. The molecule has 0 spiro atoms. The predicted octanol–water partition coefficient (Wildman–Crippen LogP) is 3.10. The van der Waals surface area contributed by atoms with Gasteiger partial charge in [-0.05, 0) is 23.8 Å². The highest BCUT2D eigenvalue weighted by Gasteiger charge is 2.27. The Hall–Kier alpha value is -2.77. The Morgan fingerprint density at radius 1 is 1.14 bits per heavy atom. The quantitative estimate of drug-likeness (QED) is 0.696. The highest BCUT2D eigenvalue weighted by Crippen LogP contribution is 2.24. The molecule has 8 heteroatoms. The minimum atomic E-state index is -4.24. The van der Waals surface area contributed by atoms with Gasteiger partial charge in [-0.2, -0.15) is 18.3 Å². The van der Waals surface area contributed by atoms with Crippen LogP contribution in [0.3, 0.4) is 0 Å². The van der Waals surface area contributed by atoms with Crippen LogP contribution in [0.1, 0.15) is 5.56 Å². The van der Waals surface area contributed by atoms with Crippen molar-refractivity contribution in [3.8, 4) is 0 Å². The molecule has 0 saturated heterocycles. The van der Waals surface area contributed by atoms with Gasteiger partial charge in [-0.1, -0.05) is 12.1 Å². The van der Waals surface area contributed by atoms with Gasteiger partial charge in [-0.25, -0.2) is 0 Å². The first-order valence-electron chi connectivity index (χ1n) is 6.41. The van der Waals surface area contributed by atoms with Gasteiger partial charge in [0.2, 0.25) is 0 Å². The minimum Gasteiger partial charge on any atom is -0.338 e. The molecule has 0 fully saturated rings. The molecule has 1 aromatic carbocycles. The van der Waals surface area contributed by atoms with E-state index < -0.39 is 12.6 Å². The lowest BCUT2D eigenvalue weighted by Gasteiger charge is -2.08. The lowest BCUT2D eigenvalue weighted by atomic mass is 10.1. The van der Waals surface area contributed by atoms with Crippen LogP contribution in [-0.2, 0) is 6.42 Å². The van der Waals surface area contributed by atoms with Crippen molar-refractivity contribution >= 4 is 22.4 Å². The zero-order valence-corrected chi connectivity index (χ0v) is 11.2. The number of H-pyrrole nitrogens is 2. The molecule has 0 unspecified atom stereocenters. The van der Waals surface area contributed by atoms with Crippen LogP contribution in [0.2, 0.25) is 0 Å². The van der Waals surface area contributed by atoms with Crippen LogP contribution < -0.4 is 10.9 Å². The number of hydrogen-bond donors (Lipinski definition) is 3. The summed E-state index contributed by atoms with van der Waals surface area (Å²) in [7, 11) is 0. The van der Waals surface area contributed by atoms with E-state index in [-0.39, 0.29) is 11.1 Å². The van der Waals surface area contributed by atoms with Crippen LogP contribution in [-0.4, -0.2) is 21.4 Å². The largest absolute Gasteiger partial charge is 0.393 e. The second kappa shape index (κ2) is 5.21. The molecular weight excluding hydrogens is 297 g/mol. The van der Waals surface area contributed by atoms with E-state index in [1.807, 2.05) is 0 Å². The molecule has 0 aliphatic rings. The Bertz CT molecular complexity index is 849. The van der Waals surface area contributed by atoms with Crippen molar-refractivity contribution in [2.24, 2.45) is 0 Å². The molecular formula is C14H11F3N4O. The molecule has 0 bridgehead atoms. The molecule has 0 aliphatic heterocycles. The number of nitrogens with one attached hydrogen (secondary N) is 3. The van der Waals surface area contributed by atoms with E-state index in [2.05, 4.69) is 20.5 Å². The first-order valence-corrected chi connectivity index (χ1v) is 6.41. The minimum absolute atomic E-state index is 0.169. The van der Waals surface area contributed by atoms with Crippen molar-refractivity contribution in [2.45, 2.75) is 12.6 Å². The van der Waals surface area contributed by atoms with Gasteiger partial charge >= 0.3 is 6.18 Å². The summed E-state index contributed by atoms with van der Waals surface area (Å²) in [6.45, 7) is 0. The molecule has 2 aromatic heterocycles. The molecule has 3 rings (SSSR count). The van der Waals surface area contributed by atoms with E-state index in [1.165, 1.54) is 30.5 Å². The molecule has 114 valence electrons. The number of benzene rings is 1. The van der Waals surface area contributed by atoms with Crippen LogP contribution in [0.25, 0.3) is 10.9 Å². The fourth-order valence-electron chi connectivity index (χ4n) is 2.14. The molecule has 0 saturated carbocycles. The third-order valence-electron chi connectivity index (χ3n) is 3.11. The number of anilines is 2. The highest BCUT2D eigenvalue weighted by atomic mass is 19.4. The fourth-order valence-corrected chi connectivity index (χ4v) is 2.14. The van der Waals surface area contributed by atoms with Gasteiger partial charge in [0.25, 0.3) is 5.56 Å². The summed E-state index contributed by atoms with van der Waals surface area (Å²) in [5, 5.41) is 9.98. The summed E-state index contributed by atoms with van der Waals surface area (Å²) in [6, 6.07) is 7.46. The van der Waals surface area contributed by atoms with E-state index in [4.69, 9.17) is 0 Å². The first kappa shape index (κ1) is 14.2. The molecule has 0 amide bonds. The van der Waals surface area contributed by atoms with Gasteiger partial charge in [0.1, 0.15) is 5.39 Å². The summed E-state index contributed by atoms with van der Waals surface area (Å²) in [5.41, 5.74) is 0.979. The fraction of sp³-hybridized carbons (Fsp3) is 0.143. The maximum absolute atomic E-state index is 12.3. The van der Waals surface area contributed by atoms with Gasteiger partial charge in [-0.15, -0.1) is 0 Å². The number of aromatic amines is 2. The van der Waals surface area contributed by atoms with Crippen molar-refractivity contribution in [3.63, 3.8) is 0 Å². The summed E-state index contributed by atoms with van der Waals surface area (Å²) in [6.07, 6.45) is -3.71. The summed E-state index contributed by atoms with van der Waals surface area (Å²) in [4.78, 5) is 14.3. The molecule has 5 nitrogen and oxygen atoms in total. The highest BCUT2D eigenvalue weighted by molar-refractivity contribution is 5.90. The number of fused-ring (bicyclic) bond motifs is 1. The van der Waals surface area contributed by atoms with Crippen molar-refractivity contribution in [3.05, 3.63) is 52.4 Å².